The molecule has 0 aromatic carbocycles. The summed E-state index contributed by atoms with van der Waals surface area (Å²) in [5.74, 6) is 0.930. The average molecular weight is 497 g/mol. The second-order valence-corrected chi connectivity index (χ2v) is 13.4. The molecule has 0 radical (unpaired) electrons. The molecule has 1 amide bonds. The number of nitrogens with one attached hydrogen (secondary N) is 1. The third-order valence-corrected chi connectivity index (χ3v) is 9.31. The van der Waals surface area contributed by atoms with Gasteiger partial charge in [0.05, 0.1) is 17.8 Å². The van der Waals surface area contributed by atoms with Gasteiger partial charge in [-0.05, 0) is 77.3 Å². The Morgan fingerprint density at radius 1 is 1.17 bits per heavy atom. The lowest BCUT2D eigenvalue weighted by molar-refractivity contribution is -0.0507. The Balaban J connectivity index is 1.17. The summed E-state index contributed by atoms with van der Waals surface area (Å²) in [7, 11) is 0. The molecule has 7 heteroatoms. The van der Waals surface area contributed by atoms with Gasteiger partial charge in [-0.25, -0.2) is 4.79 Å². The molecule has 1 aromatic rings. The van der Waals surface area contributed by atoms with Crippen LogP contribution in [0.1, 0.15) is 89.4 Å². The first-order valence-corrected chi connectivity index (χ1v) is 14.3. The molecule has 3 aliphatic heterocycles. The largest absolute Gasteiger partial charge is 0.490 e. The number of amides is 1. The van der Waals surface area contributed by atoms with E-state index in [4.69, 9.17) is 14.5 Å². The molecule has 1 unspecified atom stereocenters. The van der Waals surface area contributed by atoms with Crippen LogP contribution in [0.25, 0.3) is 0 Å². The molecule has 2 spiro atoms. The van der Waals surface area contributed by atoms with Crippen molar-refractivity contribution in [2.45, 2.75) is 96.3 Å². The number of nitrogens with zero attached hydrogens (tertiary/aromatic N) is 3. The molecule has 4 fully saturated rings. The molecule has 0 bridgehead atoms. The molecule has 4 heterocycles. The molecular weight excluding hydrogens is 452 g/mol. The smallest absolute Gasteiger partial charge is 0.410 e. The first-order valence-electron chi connectivity index (χ1n) is 14.3. The summed E-state index contributed by atoms with van der Waals surface area (Å²) in [6, 6.07) is 1.97. The number of fused-ring (bicyclic) bond motifs is 1. The van der Waals surface area contributed by atoms with Gasteiger partial charge in [-0.15, -0.1) is 0 Å². The molecule has 7 nitrogen and oxygen atoms in total. The van der Waals surface area contributed by atoms with Crippen LogP contribution in [-0.4, -0.2) is 71.9 Å². The minimum Gasteiger partial charge on any atom is -0.490 e. The van der Waals surface area contributed by atoms with Crippen molar-refractivity contribution in [3.63, 3.8) is 0 Å². The SMILES string of the molecule is CC(C)(C)OC(=O)N1CCc2nccc(OC3CC4(CNC4)C3)c2C1CCCN1CC2(CCCC2)C1. The lowest BCUT2D eigenvalue weighted by Crippen LogP contribution is -2.62. The van der Waals surface area contributed by atoms with Crippen LogP contribution in [0.4, 0.5) is 4.79 Å². The van der Waals surface area contributed by atoms with Crippen molar-refractivity contribution in [3.05, 3.63) is 23.5 Å². The summed E-state index contributed by atoms with van der Waals surface area (Å²) in [4.78, 5) is 22.6. The average Bonchev–Trinajstić information content (AvgIpc) is 3.23. The summed E-state index contributed by atoms with van der Waals surface area (Å²) in [6.07, 6.45) is 12.5. The molecule has 1 N–H and O–H groups in total. The Hall–Kier alpha value is -1.86. The lowest BCUT2D eigenvalue weighted by atomic mass is 9.63. The van der Waals surface area contributed by atoms with Crippen LogP contribution in [0.15, 0.2) is 12.3 Å². The van der Waals surface area contributed by atoms with Crippen LogP contribution in [0, 0.1) is 10.8 Å². The van der Waals surface area contributed by atoms with Gasteiger partial charge in [-0.3, -0.25) is 4.98 Å². The van der Waals surface area contributed by atoms with Crippen LogP contribution in [0.2, 0.25) is 0 Å². The third kappa shape index (κ3) is 4.73. The Morgan fingerprint density at radius 2 is 1.92 bits per heavy atom. The van der Waals surface area contributed by atoms with Crippen molar-refractivity contribution < 1.29 is 14.3 Å². The minimum absolute atomic E-state index is 0.0478. The number of carbonyl (C=O) groups is 1. The molecule has 2 aliphatic carbocycles. The third-order valence-electron chi connectivity index (χ3n) is 9.31. The summed E-state index contributed by atoms with van der Waals surface area (Å²) in [5, 5.41) is 3.41. The Bertz CT molecular complexity index is 963. The zero-order chi connectivity index (χ0) is 25.0. The molecule has 2 saturated heterocycles. The van der Waals surface area contributed by atoms with Gasteiger partial charge in [0.15, 0.2) is 0 Å². The number of ether oxygens (including phenoxy) is 2. The highest BCUT2D eigenvalue weighted by Gasteiger charge is 2.50. The van der Waals surface area contributed by atoms with E-state index in [0.717, 1.165) is 68.7 Å². The van der Waals surface area contributed by atoms with Crippen molar-refractivity contribution in [2.75, 3.05) is 39.3 Å². The van der Waals surface area contributed by atoms with E-state index in [1.165, 1.54) is 38.8 Å². The predicted octanol–water partition coefficient (Wildman–Crippen LogP) is 4.70. The van der Waals surface area contributed by atoms with Gasteiger partial charge in [-0.2, -0.15) is 0 Å². The van der Waals surface area contributed by atoms with E-state index in [9.17, 15) is 4.79 Å². The fourth-order valence-corrected chi connectivity index (χ4v) is 7.48. The molecular formula is C29H44N4O3. The van der Waals surface area contributed by atoms with Gasteiger partial charge < -0.3 is 24.6 Å². The Labute approximate surface area is 216 Å². The van der Waals surface area contributed by atoms with Crippen molar-refractivity contribution in [1.82, 2.24) is 20.1 Å². The fraction of sp³-hybridized carbons (Fsp3) is 0.793. The van der Waals surface area contributed by atoms with E-state index >= 15 is 0 Å². The maximum absolute atomic E-state index is 13.3. The summed E-state index contributed by atoms with van der Waals surface area (Å²) >= 11 is 0. The highest BCUT2D eigenvalue weighted by Crippen LogP contribution is 2.48. The number of hydrogen-bond acceptors (Lipinski definition) is 6. The Kier molecular flexibility index (Phi) is 6.23. The van der Waals surface area contributed by atoms with Gasteiger partial charge in [0.25, 0.3) is 0 Å². The van der Waals surface area contributed by atoms with E-state index in [1.807, 2.05) is 37.9 Å². The normalized spacial score (nSPS) is 26.8. The Morgan fingerprint density at radius 3 is 2.58 bits per heavy atom. The second kappa shape index (κ2) is 9.16. The number of pyridine rings is 1. The van der Waals surface area contributed by atoms with E-state index < -0.39 is 5.60 Å². The highest BCUT2D eigenvalue weighted by atomic mass is 16.6. The molecule has 1 aromatic heterocycles. The van der Waals surface area contributed by atoms with Crippen LogP contribution in [0.5, 0.6) is 5.75 Å². The fourth-order valence-electron chi connectivity index (χ4n) is 7.48. The van der Waals surface area contributed by atoms with Gasteiger partial charge in [0.1, 0.15) is 11.4 Å². The van der Waals surface area contributed by atoms with Gasteiger partial charge in [0.2, 0.25) is 0 Å². The van der Waals surface area contributed by atoms with Crippen molar-refractivity contribution >= 4 is 6.09 Å². The van der Waals surface area contributed by atoms with Gasteiger partial charge in [0, 0.05) is 56.3 Å². The van der Waals surface area contributed by atoms with E-state index in [1.54, 1.807) is 0 Å². The van der Waals surface area contributed by atoms with Crippen LogP contribution in [0.3, 0.4) is 0 Å². The lowest BCUT2D eigenvalue weighted by Gasteiger charge is -2.54. The second-order valence-electron chi connectivity index (χ2n) is 13.4. The molecule has 198 valence electrons. The van der Waals surface area contributed by atoms with Crippen molar-refractivity contribution in [3.8, 4) is 5.75 Å². The van der Waals surface area contributed by atoms with Crippen LogP contribution < -0.4 is 10.1 Å². The topological polar surface area (TPSA) is 66.9 Å². The van der Waals surface area contributed by atoms with Crippen LogP contribution >= 0.6 is 0 Å². The summed E-state index contributed by atoms with van der Waals surface area (Å²) < 4.78 is 12.5. The predicted molar refractivity (Wildman–Crippen MR) is 139 cm³/mol. The number of hydrogen-bond donors (Lipinski definition) is 1. The molecule has 2 saturated carbocycles. The summed E-state index contributed by atoms with van der Waals surface area (Å²) in [5.41, 5.74) is 2.79. The minimum atomic E-state index is -0.513. The number of likely N-dealkylation sites (tertiary alicyclic amines) is 1. The van der Waals surface area contributed by atoms with Crippen molar-refractivity contribution in [1.29, 1.82) is 0 Å². The maximum atomic E-state index is 13.3. The van der Waals surface area contributed by atoms with E-state index in [2.05, 4.69) is 10.2 Å². The number of carbonyl (C=O) groups excluding carboxylic acids is 1. The number of rotatable bonds is 6. The first-order chi connectivity index (χ1) is 17.2. The van der Waals surface area contributed by atoms with E-state index in [-0.39, 0.29) is 18.2 Å². The molecule has 36 heavy (non-hydrogen) atoms. The van der Waals surface area contributed by atoms with Crippen LogP contribution in [-0.2, 0) is 11.2 Å². The molecule has 5 aliphatic rings. The monoisotopic (exact) mass is 496 g/mol. The van der Waals surface area contributed by atoms with E-state index in [0.29, 0.717) is 17.4 Å². The zero-order valence-electron chi connectivity index (χ0n) is 22.5. The molecule has 6 rings (SSSR count). The van der Waals surface area contributed by atoms with Gasteiger partial charge >= 0.3 is 6.09 Å². The summed E-state index contributed by atoms with van der Waals surface area (Å²) in [6.45, 7) is 12.3. The standard InChI is InChI=1S/C29H44N4O3/c1-27(2,3)36-26(34)33-14-9-22-25(23(33)7-6-13-32-19-28(20-32)10-4-5-11-28)24(8-12-31-22)35-21-15-29(16-21)17-30-18-29/h8,12,21,23,30H,4-7,9-11,13-20H2,1-3H3. The quantitative estimate of drug-likeness (QED) is 0.616. The van der Waals surface area contributed by atoms with Gasteiger partial charge in [-0.1, -0.05) is 12.8 Å². The number of aromatic nitrogens is 1. The first kappa shape index (κ1) is 24.5. The maximum Gasteiger partial charge on any atom is 0.410 e. The van der Waals surface area contributed by atoms with Crippen molar-refractivity contribution in [2.24, 2.45) is 10.8 Å². The highest BCUT2D eigenvalue weighted by molar-refractivity contribution is 5.70. The zero-order valence-corrected chi connectivity index (χ0v) is 22.5. The molecule has 1 atom stereocenters.